The van der Waals surface area contributed by atoms with Gasteiger partial charge in [-0.1, -0.05) is 6.92 Å². The molecule has 3 heterocycles. The van der Waals surface area contributed by atoms with Gasteiger partial charge in [-0.15, -0.1) is 0 Å². The van der Waals surface area contributed by atoms with Crippen LogP contribution in [0.2, 0.25) is 0 Å². The van der Waals surface area contributed by atoms with Gasteiger partial charge in [0.05, 0.1) is 30.3 Å². The summed E-state index contributed by atoms with van der Waals surface area (Å²) in [5.41, 5.74) is -1.61. The zero-order valence-corrected chi connectivity index (χ0v) is 30.7. The number of nitrogens with zero attached hydrogens (tertiary/aromatic N) is 4. The predicted octanol–water partition coefficient (Wildman–Crippen LogP) is 8.31. The Labute approximate surface area is 311 Å². The normalized spacial score (nSPS) is 32.6. The molecule has 8 rings (SSSR count). The zero-order valence-electron chi connectivity index (χ0n) is 30.7. The molecule has 2 N–H and O–H groups in total. The lowest BCUT2D eigenvalue weighted by Gasteiger charge is -2.46. The number of ether oxygens (including phenoxy) is 1. The van der Waals surface area contributed by atoms with Crippen LogP contribution in [0, 0.1) is 17.8 Å². The van der Waals surface area contributed by atoms with Crippen molar-refractivity contribution in [2.75, 3.05) is 13.1 Å². The lowest BCUT2D eigenvalue weighted by atomic mass is 9.78. The van der Waals surface area contributed by atoms with Crippen molar-refractivity contribution in [2.24, 2.45) is 17.8 Å². The van der Waals surface area contributed by atoms with Gasteiger partial charge in [-0.3, -0.25) is 9.69 Å². The second-order valence-corrected chi connectivity index (χ2v) is 17.0. The first kappa shape index (κ1) is 37.1. The Kier molecular flexibility index (Phi) is 9.45. The lowest BCUT2D eigenvalue weighted by Crippen LogP contribution is -2.60. The zero-order chi connectivity index (χ0) is 38.2. The van der Waals surface area contributed by atoms with E-state index in [0.29, 0.717) is 68.1 Å². The lowest BCUT2D eigenvalue weighted by molar-refractivity contribution is -0.151. The molecule has 292 valence electrons. The molecule has 2 aromatic heterocycles. The van der Waals surface area contributed by atoms with Crippen molar-refractivity contribution >= 4 is 22.8 Å². The smallest absolute Gasteiger partial charge is 0.329 e. The van der Waals surface area contributed by atoms with Gasteiger partial charge in [0.1, 0.15) is 23.2 Å². The van der Waals surface area contributed by atoms with E-state index in [4.69, 9.17) is 4.74 Å². The van der Waals surface area contributed by atoms with E-state index in [1.54, 1.807) is 12.3 Å². The molecule has 4 atom stereocenters. The van der Waals surface area contributed by atoms with Crippen LogP contribution in [-0.2, 0) is 10.7 Å². The van der Waals surface area contributed by atoms with Gasteiger partial charge in [0.15, 0.2) is 5.82 Å². The van der Waals surface area contributed by atoms with E-state index in [2.05, 4.69) is 22.2 Å². The fraction of sp³-hybridized carbons (Fsp3) is 0.650. The summed E-state index contributed by atoms with van der Waals surface area (Å²) >= 11 is 0. The summed E-state index contributed by atoms with van der Waals surface area (Å²) in [6.45, 7) is 2.34. The molecule has 5 fully saturated rings. The maximum absolute atomic E-state index is 15.4. The molecule has 4 aliphatic carbocycles. The molecule has 5 aliphatic rings. The first-order valence-corrected chi connectivity index (χ1v) is 19.5. The molecule has 2 bridgehead atoms. The van der Waals surface area contributed by atoms with E-state index in [1.165, 1.54) is 0 Å². The van der Waals surface area contributed by atoms with Crippen LogP contribution in [0.1, 0.15) is 113 Å². The van der Waals surface area contributed by atoms with Gasteiger partial charge in [0, 0.05) is 48.4 Å². The highest BCUT2D eigenvalue weighted by molar-refractivity contribution is 6.00. The van der Waals surface area contributed by atoms with Crippen molar-refractivity contribution in [3.63, 3.8) is 0 Å². The minimum atomic E-state index is -3.56. The fourth-order valence-electron chi connectivity index (χ4n) is 10.3. The van der Waals surface area contributed by atoms with Crippen LogP contribution in [0.25, 0.3) is 22.3 Å². The number of hydrogen-bond acceptors (Lipinski definition) is 6. The number of hydrogen-bond donors (Lipinski definition) is 2. The Morgan fingerprint density at radius 2 is 1.70 bits per heavy atom. The predicted molar refractivity (Wildman–Crippen MR) is 191 cm³/mol. The highest BCUT2D eigenvalue weighted by Gasteiger charge is 2.56. The molecule has 1 aromatic carbocycles. The highest BCUT2D eigenvalue weighted by atomic mass is 19.3. The van der Waals surface area contributed by atoms with E-state index >= 15 is 8.78 Å². The van der Waals surface area contributed by atoms with Gasteiger partial charge in [-0.05, 0) is 107 Å². The minimum Gasteiger partial charge on any atom is -0.490 e. The topological polar surface area (TPSA) is 110 Å². The third-order valence-corrected chi connectivity index (χ3v) is 12.9. The number of benzene rings is 1. The number of amides is 1. The number of aromatic nitrogens is 3. The number of halogens is 5. The molecule has 9 nitrogen and oxygen atoms in total. The second kappa shape index (κ2) is 13.7. The van der Waals surface area contributed by atoms with Crippen LogP contribution in [0.4, 0.5) is 22.0 Å². The first-order chi connectivity index (χ1) is 25.6. The summed E-state index contributed by atoms with van der Waals surface area (Å²) < 4.78 is 80.3. The van der Waals surface area contributed by atoms with Crippen molar-refractivity contribution in [1.82, 2.24) is 24.8 Å². The van der Waals surface area contributed by atoms with E-state index in [1.807, 2.05) is 21.6 Å². The van der Waals surface area contributed by atoms with Gasteiger partial charge in [0.2, 0.25) is 0 Å². The Morgan fingerprint density at radius 1 is 1.00 bits per heavy atom. The number of nitrogens with one attached hydrogen (secondary N) is 1. The molecule has 0 spiro atoms. The van der Waals surface area contributed by atoms with Crippen LogP contribution < -0.4 is 10.1 Å². The Balaban J connectivity index is 1.09. The van der Waals surface area contributed by atoms with E-state index in [0.717, 1.165) is 43.8 Å². The molecular formula is C40H48F5N5O4. The summed E-state index contributed by atoms with van der Waals surface area (Å²) in [6, 6.07) is 5.59. The number of alkyl halides is 5. The van der Waals surface area contributed by atoms with E-state index in [-0.39, 0.29) is 55.4 Å². The molecule has 1 saturated heterocycles. The van der Waals surface area contributed by atoms with Gasteiger partial charge in [-0.2, -0.15) is 8.78 Å². The second-order valence-electron chi connectivity index (χ2n) is 17.0. The standard InChI is InChI=1S/C40H48F5N5O4/c1-22-13-23-15-24(14-22)40(17-23,37(52)53)48-36(51)31-18-46-35(47-34(31)38(2,42)43)32-19-50(27-5-3-25(41)4-6-27)33-16-29(11-12-30(32)33)54-28-9-7-26(8-10-28)49-20-39(44,45)21-49/h11-12,16,18-19,22-28H,3-10,13-15,17,20-21H2,1-2H3,(H,48,51)(H,52,53)/t22?,23?,24?,25?,26-,27?,28-,40?. The average molecular weight is 758 g/mol. The summed E-state index contributed by atoms with van der Waals surface area (Å²) in [4.78, 5) is 37.1. The van der Waals surface area contributed by atoms with Crippen molar-refractivity contribution < 1.29 is 41.4 Å². The number of rotatable bonds is 9. The fourth-order valence-corrected chi connectivity index (χ4v) is 10.3. The maximum Gasteiger partial charge on any atom is 0.329 e. The van der Waals surface area contributed by atoms with Crippen LogP contribution in [0.5, 0.6) is 5.75 Å². The van der Waals surface area contributed by atoms with Crippen molar-refractivity contribution in [3.8, 4) is 17.1 Å². The average Bonchev–Trinajstić information content (AvgIpc) is 3.61. The molecule has 1 amide bonds. The molecule has 14 heteroatoms. The van der Waals surface area contributed by atoms with Gasteiger partial charge in [0.25, 0.3) is 17.8 Å². The number of carbonyl (C=O) groups is 2. The van der Waals surface area contributed by atoms with Crippen LogP contribution in [0.3, 0.4) is 0 Å². The minimum absolute atomic E-state index is 0.0203. The van der Waals surface area contributed by atoms with Gasteiger partial charge < -0.3 is 19.7 Å². The molecule has 3 aromatic rings. The van der Waals surface area contributed by atoms with Crippen LogP contribution >= 0.6 is 0 Å². The number of likely N-dealkylation sites (tertiary alicyclic amines) is 1. The molecular weight excluding hydrogens is 709 g/mol. The van der Waals surface area contributed by atoms with Crippen molar-refractivity contribution in [2.45, 2.75) is 133 Å². The summed E-state index contributed by atoms with van der Waals surface area (Å²) in [5.74, 6) is -7.54. The third kappa shape index (κ3) is 6.96. The summed E-state index contributed by atoms with van der Waals surface area (Å²) in [6.07, 6.45) is 9.24. The number of carboxylic acids is 1. The van der Waals surface area contributed by atoms with Crippen LogP contribution in [-0.4, -0.2) is 79.3 Å². The summed E-state index contributed by atoms with van der Waals surface area (Å²) in [5, 5.41) is 13.7. The maximum atomic E-state index is 15.4. The number of carboxylic acid groups (broad SMARTS) is 1. The van der Waals surface area contributed by atoms with Gasteiger partial charge >= 0.3 is 5.97 Å². The number of fused-ring (bicyclic) bond motifs is 3. The highest BCUT2D eigenvalue weighted by Crippen LogP contribution is 2.51. The number of carbonyl (C=O) groups excluding carboxylic acids is 1. The van der Waals surface area contributed by atoms with Crippen molar-refractivity contribution in [1.29, 1.82) is 0 Å². The molecule has 0 radical (unpaired) electrons. The van der Waals surface area contributed by atoms with Crippen LogP contribution in [0.15, 0.2) is 30.6 Å². The molecule has 1 aliphatic heterocycles. The molecule has 54 heavy (non-hydrogen) atoms. The Hall–Kier alpha value is -3.81. The quantitative estimate of drug-likeness (QED) is 0.212. The van der Waals surface area contributed by atoms with E-state index in [9.17, 15) is 27.9 Å². The number of aliphatic carboxylic acids is 1. The van der Waals surface area contributed by atoms with Gasteiger partial charge in [-0.25, -0.2) is 27.9 Å². The SMILES string of the molecule is CC1CC2CC(C1)C(NC(=O)c1cnc(-c3cn(C4CCC(F)CC4)c4cc(O[C@H]5CC[C@H](N6CC(F)(F)C6)CC5)ccc34)nc1C(C)(F)F)(C(=O)O)C2. The van der Waals surface area contributed by atoms with Crippen molar-refractivity contribution in [3.05, 3.63) is 41.9 Å². The Morgan fingerprint density at radius 3 is 2.37 bits per heavy atom. The monoisotopic (exact) mass is 757 g/mol. The molecule has 4 saturated carbocycles. The van der Waals surface area contributed by atoms with E-state index < -0.39 is 46.7 Å². The Bertz CT molecular complexity index is 1910. The summed E-state index contributed by atoms with van der Waals surface area (Å²) in [7, 11) is 0. The first-order valence-electron chi connectivity index (χ1n) is 19.5. The largest absolute Gasteiger partial charge is 0.490 e. The molecule has 4 unspecified atom stereocenters. The third-order valence-electron chi connectivity index (χ3n) is 12.9.